The van der Waals surface area contributed by atoms with Crippen LogP contribution >= 0.6 is 7.82 Å². The van der Waals surface area contributed by atoms with Crippen molar-refractivity contribution in [2.75, 3.05) is 13.2 Å². The summed E-state index contributed by atoms with van der Waals surface area (Å²) in [7, 11) is -4.80. The smallest absolute Gasteiger partial charge is 0.469 e. The Bertz CT molecular complexity index is 436. The number of aliphatic carboxylic acids is 1. The van der Waals surface area contributed by atoms with E-state index < -0.39 is 44.8 Å². The molecule has 0 radical (unpaired) electrons. The van der Waals surface area contributed by atoms with Gasteiger partial charge in [0.2, 0.25) is 0 Å². The van der Waals surface area contributed by atoms with Gasteiger partial charge in [-0.05, 0) is 19.4 Å². The minimum atomic E-state index is -4.80. The Kier molecular flexibility index (Phi) is 10.4. The number of phosphoric ester groups is 1. The van der Waals surface area contributed by atoms with Gasteiger partial charge in [0.1, 0.15) is 30.5 Å². The second-order valence-electron chi connectivity index (χ2n) is 4.95. The quantitative estimate of drug-likeness (QED) is 0.154. The molecule has 1 aliphatic heterocycles. The van der Waals surface area contributed by atoms with Gasteiger partial charge in [-0.3, -0.25) is 9.32 Å². The molecule has 1 heterocycles. The summed E-state index contributed by atoms with van der Waals surface area (Å²) < 4.78 is 14.1. The lowest BCUT2D eigenvalue weighted by atomic mass is 10.0. The maximum Gasteiger partial charge on any atom is 0.469 e. The summed E-state index contributed by atoms with van der Waals surface area (Å²) in [6, 6.07) is -0.269. The van der Waals surface area contributed by atoms with E-state index in [9.17, 15) is 14.2 Å². The normalized spacial score (nSPS) is 22.7. The number of carbonyl (C=O) groups is 2. The summed E-state index contributed by atoms with van der Waals surface area (Å²) in [4.78, 5) is 36.7. The number of rotatable bonds is 8. The number of phosphoric acid groups is 1. The molecule has 0 saturated carbocycles. The van der Waals surface area contributed by atoms with Crippen LogP contribution < -0.4 is 5.32 Å². The Morgan fingerprint density at radius 2 is 1.83 bits per heavy atom. The van der Waals surface area contributed by atoms with E-state index >= 15 is 0 Å². The SMILES string of the molecule is O=C(O)[C@@H]1CCCN1.O=C[C@H](O)[C@@H](O)[C@H](O)[C@H](O)COP(=O)(O)O. The standard InChI is InChI=1S/C6H13O9P.C5H9NO2/c7-1-3(8)5(10)6(11)4(9)2-15-16(12,13)14;7-5(8)4-2-1-3-6-4/h1,3-6,8-11H,2H2,(H2,12,13,14);4,6H,1-3H2,(H,7,8)/t3-,4+,5+,6+;4-/m00/s1. The average Bonchev–Trinajstić information content (AvgIpc) is 3.04. The molecular formula is C11H22NO11P. The molecule has 1 fully saturated rings. The zero-order chi connectivity index (χ0) is 18.9. The number of carboxylic acid groups (broad SMARTS) is 1. The molecule has 0 aliphatic carbocycles. The molecule has 24 heavy (non-hydrogen) atoms. The number of carbonyl (C=O) groups excluding carboxylic acids is 1. The fourth-order valence-corrected chi connectivity index (χ4v) is 2.02. The molecular weight excluding hydrogens is 353 g/mol. The van der Waals surface area contributed by atoms with Crippen molar-refractivity contribution in [2.45, 2.75) is 43.3 Å². The van der Waals surface area contributed by atoms with Crippen molar-refractivity contribution in [1.82, 2.24) is 5.32 Å². The first-order chi connectivity index (χ1) is 11.0. The maximum absolute atomic E-state index is 10.2. The van der Waals surface area contributed by atoms with E-state index in [1.54, 1.807) is 0 Å². The van der Waals surface area contributed by atoms with Crippen molar-refractivity contribution in [3.63, 3.8) is 0 Å². The minimum Gasteiger partial charge on any atom is -0.480 e. The molecule has 13 heteroatoms. The van der Waals surface area contributed by atoms with Crippen molar-refractivity contribution in [3.8, 4) is 0 Å². The van der Waals surface area contributed by atoms with Gasteiger partial charge in [0.15, 0.2) is 6.29 Å². The average molecular weight is 375 g/mol. The molecule has 142 valence electrons. The summed E-state index contributed by atoms with van der Waals surface area (Å²) in [5.74, 6) is -0.720. The first-order valence-electron chi connectivity index (χ1n) is 6.83. The van der Waals surface area contributed by atoms with Gasteiger partial charge in [0.05, 0.1) is 6.61 Å². The molecule has 1 rings (SSSR count). The molecule has 0 spiro atoms. The third-order valence-corrected chi connectivity index (χ3v) is 3.49. The van der Waals surface area contributed by atoms with Crippen LogP contribution in [-0.4, -0.2) is 91.2 Å². The fraction of sp³-hybridized carbons (Fsp3) is 0.818. The molecule has 0 aromatic rings. The fourth-order valence-electron chi connectivity index (χ4n) is 1.68. The number of carboxylic acids is 1. The van der Waals surface area contributed by atoms with Crippen LogP contribution in [0.25, 0.3) is 0 Å². The highest BCUT2D eigenvalue weighted by atomic mass is 31.2. The number of nitrogens with one attached hydrogen (secondary N) is 1. The molecule has 0 bridgehead atoms. The second-order valence-corrected chi connectivity index (χ2v) is 6.19. The van der Waals surface area contributed by atoms with Crippen LogP contribution in [0.1, 0.15) is 12.8 Å². The Labute approximate surface area is 136 Å². The largest absolute Gasteiger partial charge is 0.480 e. The number of aliphatic hydroxyl groups is 4. The highest BCUT2D eigenvalue weighted by Crippen LogP contribution is 2.35. The van der Waals surface area contributed by atoms with Crippen LogP contribution in [-0.2, 0) is 18.7 Å². The highest BCUT2D eigenvalue weighted by Gasteiger charge is 2.31. The van der Waals surface area contributed by atoms with Crippen molar-refractivity contribution >= 4 is 20.1 Å². The molecule has 0 unspecified atom stereocenters. The summed E-state index contributed by atoms with van der Waals surface area (Å²) >= 11 is 0. The van der Waals surface area contributed by atoms with E-state index in [-0.39, 0.29) is 12.3 Å². The summed E-state index contributed by atoms with van der Waals surface area (Å²) in [6.07, 6.45) is -6.02. The minimum absolute atomic E-state index is 0.0650. The van der Waals surface area contributed by atoms with Crippen molar-refractivity contribution < 1.29 is 54.0 Å². The Hall–Kier alpha value is -0.950. The van der Waals surface area contributed by atoms with E-state index in [4.69, 9.17) is 35.3 Å². The van der Waals surface area contributed by atoms with Crippen LogP contribution in [0.5, 0.6) is 0 Å². The zero-order valence-electron chi connectivity index (χ0n) is 12.5. The van der Waals surface area contributed by atoms with Gasteiger partial charge in [-0.2, -0.15) is 0 Å². The van der Waals surface area contributed by atoms with E-state index in [0.717, 1.165) is 19.4 Å². The monoisotopic (exact) mass is 375 g/mol. The van der Waals surface area contributed by atoms with Gasteiger partial charge >= 0.3 is 13.8 Å². The first-order valence-corrected chi connectivity index (χ1v) is 8.36. The van der Waals surface area contributed by atoms with E-state index in [0.29, 0.717) is 0 Å². The molecule has 12 nitrogen and oxygen atoms in total. The maximum atomic E-state index is 10.2. The van der Waals surface area contributed by atoms with Gasteiger partial charge in [0, 0.05) is 0 Å². The molecule has 5 atom stereocenters. The summed E-state index contributed by atoms with van der Waals surface area (Å²) in [5.41, 5.74) is 0. The Morgan fingerprint density at radius 1 is 1.25 bits per heavy atom. The predicted molar refractivity (Wildman–Crippen MR) is 76.7 cm³/mol. The summed E-state index contributed by atoms with van der Waals surface area (Å²) in [5, 5.41) is 47.3. The number of hydrogen-bond donors (Lipinski definition) is 8. The van der Waals surface area contributed by atoms with Gasteiger partial charge < -0.3 is 45.4 Å². The Balaban J connectivity index is 0.000000546. The summed E-state index contributed by atoms with van der Waals surface area (Å²) in [6.45, 7) is -0.106. The van der Waals surface area contributed by atoms with Crippen LogP contribution in [0.2, 0.25) is 0 Å². The van der Waals surface area contributed by atoms with Crippen molar-refractivity contribution in [2.24, 2.45) is 0 Å². The van der Waals surface area contributed by atoms with Gasteiger partial charge in [-0.15, -0.1) is 0 Å². The predicted octanol–water partition coefficient (Wildman–Crippen LogP) is -3.44. The first kappa shape index (κ1) is 23.1. The lowest BCUT2D eigenvalue weighted by molar-refractivity contribution is -0.139. The van der Waals surface area contributed by atoms with Gasteiger partial charge in [0.25, 0.3) is 0 Å². The third-order valence-electron chi connectivity index (χ3n) is 3.01. The zero-order valence-corrected chi connectivity index (χ0v) is 13.4. The lowest BCUT2D eigenvalue weighted by Gasteiger charge is -2.23. The van der Waals surface area contributed by atoms with E-state index in [2.05, 4.69) is 9.84 Å². The van der Waals surface area contributed by atoms with Gasteiger partial charge in [-0.1, -0.05) is 0 Å². The number of aldehydes is 1. The molecule has 1 saturated heterocycles. The highest BCUT2D eigenvalue weighted by molar-refractivity contribution is 7.46. The third kappa shape index (κ3) is 9.37. The van der Waals surface area contributed by atoms with Crippen LogP contribution in [0, 0.1) is 0 Å². The van der Waals surface area contributed by atoms with E-state index in [1.807, 2.05) is 0 Å². The van der Waals surface area contributed by atoms with Crippen molar-refractivity contribution in [3.05, 3.63) is 0 Å². The van der Waals surface area contributed by atoms with Crippen LogP contribution in [0.4, 0.5) is 0 Å². The van der Waals surface area contributed by atoms with Crippen LogP contribution in [0.15, 0.2) is 0 Å². The molecule has 0 aromatic carbocycles. The molecule has 1 aliphatic rings. The lowest BCUT2D eigenvalue weighted by Crippen LogP contribution is -2.46. The van der Waals surface area contributed by atoms with E-state index in [1.165, 1.54) is 0 Å². The van der Waals surface area contributed by atoms with Crippen LogP contribution in [0.3, 0.4) is 0 Å². The second kappa shape index (κ2) is 10.8. The number of hydrogen-bond acceptors (Lipinski definition) is 9. The van der Waals surface area contributed by atoms with Gasteiger partial charge in [-0.25, -0.2) is 4.57 Å². The topological polar surface area (TPSA) is 214 Å². The number of aliphatic hydroxyl groups excluding tert-OH is 4. The molecule has 0 aromatic heterocycles. The molecule has 8 N–H and O–H groups in total. The van der Waals surface area contributed by atoms with Crippen molar-refractivity contribution in [1.29, 1.82) is 0 Å². The Morgan fingerprint density at radius 3 is 2.17 bits per heavy atom. The molecule has 0 amide bonds.